The van der Waals surface area contributed by atoms with E-state index in [4.69, 9.17) is 0 Å². The van der Waals surface area contributed by atoms with Gasteiger partial charge in [0.05, 0.1) is 18.3 Å². The first-order valence-corrected chi connectivity index (χ1v) is 8.44. The molecule has 0 fully saturated rings. The largest absolute Gasteiger partial charge is 0.394 e. The van der Waals surface area contributed by atoms with Crippen molar-refractivity contribution in [3.8, 4) is 0 Å². The number of aliphatic hydroxyl groups excluding tert-OH is 1. The van der Waals surface area contributed by atoms with Crippen LogP contribution in [0.15, 0.2) is 30.5 Å². The summed E-state index contributed by atoms with van der Waals surface area (Å²) in [6.45, 7) is 6.15. The number of aromatic nitrogens is 5. The van der Waals surface area contributed by atoms with E-state index in [1.54, 1.807) is 10.7 Å². The van der Waals surface area contributed by atoms with Gasteiger partial charge in [-0.1, -0.05) is 26.8 Å². The molecule has 0 radical (unpaired) electrons. The maximum absolute atomic E-state index is 9.46. The van der Waals surface area contributed by atoms with Gasteiger partial charge in [0.25, 0.3) is 0 Å². The van der Waals surface area contributed by atoms with Crippen LogP contribution in [0, 0.1) is 0 Å². The molecule has 3 aromatic heterocycles. The maximum atomic E-state index is 9.46. The second kappa shape index (κ2) is 7.43. The van der Waals surface area contributed by atoms with Crippen LogP contribution < -0.4 is 10.6 Å². The van der Waals surface area contributed by atoms with E-state index in [1.165, 1.54) is 0 Å². The first-order chi connectivity index (χ1) is 12.1. The van der Waals surface area contributed by atoms with Gasteiger partial charge < -0.3 is 15.7 Å². The van der Waals surface area contributed by atoms with Crippen LogP contribution in [-0.2, 0) is 0 Å². The molecule has 8 nitrogen and oxygen atoms in total. The molecule has 3 heterocycles. The number of nitrogens with zero attached hydrogens (tertiary/aromatic N) is 5. The lowest BCUT2D eigenvalue weighted by Crippen LogP contribution is -2.24. The zero-order valence-corrected chi connectivity index (χ0v) is 14.6. The Labute approximate surface area is 146 Å². The van der Waals surface area contributed by atoms with Gasteiger partial charge in [0, 0.05) is 18.2 Å². The number of rotatable bonds is 7. The van der Waals surface area contributed by atoms with E-state index in [0.29, 0.717) is 17.3 Å². The van der Waals surface area contributed by atoms with Gasteiger partial charge in [0.15, 0.2) is 5.82 Å². The van der Waals surface area contributed by atoms with Gasteiger partial charge in [0.2, 0.25) is 5.65 Å². The summed E-state index contributed by atoms with van der Waals surface area (Å²) in [5.41, 5.74) is 1.39. The normalized spacial score (nSPS) is 12.5. The molecular formula is C17H23N7O. The quantitative estimate of drug-likeness (QED) is 0.607. The average molecular weight is 341 g/mol. The van der Waals surface area contributed by atoms with Crippen LogP contribution in [0.4, 0.5) is 17.3 Å². The van der Waals surface area contributed by atoms with Crippen LogP contribution in [-0.4, -0.2) is 42.6 Å². The van der Waals surface area contributed by atoms with Crippen LogP contribution in [0.25, 0.3) is 5.65 Å². The van der Waals surface area contributed by atoms with E-state index in [-0.39, 0.29) is 18.6 Å². The Morgan fingerprint density at radius 2 is 2.04 bits per heavy atom. The highest BCUT2D eigenvalue weighted by Crippen LogP contribution is 2.25. The molecule has 25 heavy (non-hydrogen) atoms. The highest BCUT2D eigenvalue weighted by Gasteiger charge is 2.17. The predicted octanol–water partition coefficient (Wildman–Crippen LogP) is 2.57. The topological polar surface area (TPSA) is 100 Å². The summed E-state index contributed by atoms with van der Waals surface area (Å²) in [6.07, 6.45) is 2.51. The van der Waals surface area contributed by atoms with E-state index in [0.717, 1.165) is 17.9 Å². The summed E-state index contributed by atoms with van der Waals surface area (Å²) in [5.74, 6) is 2.32. The zero-order chi connectivity index (χ0) is 17.8. The fraction of sp³-hybridized carbons (Fsp3) is 0.412. The van der Waals surface area contributed by atoms with E-state index in [2.05, 4.69) is 30.9 Å². The molecule has 3 aromatic rings. The van der Waals surface area contributed by atoms with Gasteiger partial charge in [0.1, 0.15) is 11.6 Å². The van der Waals surface area contributed by atoms with Crippen molar-refractivity contribution in [1.82, 2.24) is 24.8 Å². The number of anilines is 3. The SMILES string of the molecule is CC[C@H](CO)Nc1cc(Nc2ccccn2)c2nnc(C(C)C)n2n1. The van der Waals surface area contributed by atoms with Crippen LogP contribution in [0.5, 0.6) is 0 Å². The summed E-state index contributed by atoms with van der Waals surface area (Å²) in [6, 6.07) is 7.45. The summed E-state index contributed by atoms with van der Waals surface area (Å²) < 4.78 is 1.74. The molecule has 0 aliphatic rings. The van der Waals surface area contributed by atoms with E-state index in [9.17, 15) is 5.11 Å². The van der Waals surface area contributed by atoms with Crippen molar-refractivity contribution in [2.75, 3.05) is 17.2 Å². The Morgan fingerprint density at radius 1 is 1.20 bits per heavy atom. The molecule has 0 spiro atoms. The van der Waals surface area contributed by atoms with Gasteiger partial charge in [-0.3, -0.25) is 0 Å². The van der Waals surface area contributed by atoms with Gasteiger partial charge >= 0.3 is 0 Å². The summed E-state index contributed by atoms with van der Waals surface area (Å²) >= 11 is 0. The Balaban J connectivity index is 2.06. The zero-order valence-electron chi connectivity index (χ0n) is 14.6. The third-order valence-electron chi connectivity index (χ3n) is 3.90. The second-order valence-electron chi connectivity index (χ2n) is 6.16. The van der Waals surface area contributed by atoms with Crippen molar-refractivity contribution in [1.29, 1.82) is 0 Å². The van der Waals surface area contributed by atoms with Crippen molar-refractivity contribution in [2.24, 2.45) is 0 Å². The number of aliphatic hydroxyl groups is 1. The molecule has 3 rings (SSSR count). The Morgan fingerprint density at radius 3 is 2.68 bits per heavy atom. The van der Waals surface area contributed by atoms with Gasteiger partial charge in [-0.05, 0) is 18.6 Å². The molecule has 8 heteroatoms. The lowest BCUT2D eigenvalue weighted by Gasteiger charge is -2.16. The fourth-order valence-corrected chi connectivity index (χ4v) is 2.48. The second-order valence-corrected chi connectivity index (χ2v) is 6.16. The summed E-state index contributed by atoms with van der Waals surface area (Å²) in [4.78, 5) is 4.30. The minimum absolute atomic E-state index is 0.0401. The molecule has 0 aliphatic carbocycles. The lowest BCUT2D eigenvalue weighted by atomic mass is 10.2. The van der Waals surface area contributed by atoms with Gasteiger partial charge in [-0.25, -0.2) is 4.98 Å². The summed E-state index contributed by atoms with van der Waals surface area (Å²) in [7, 11) is 0. The number of fused-ring (bicyclic) bond motifs is 1. The molecule has 0 aliphatic heterocycles. The molecule has 0 unspecified atom stereocenters. The molecule has 0 saturated carbocycles. The average Bonchev–Trinajstić information content (AvgIpc) is 3.05. The standard InChI is InChI=1S/C17H23N7O/c1-4-12(10-25)19-15-9-13(20-14-7-5-6-8-18-14)17-22-21-16(11(2)3)24(17)23-15/h5-9,11-12,25H,4,10H2,1-3H3,(H,18,20)(H,19,23)/t12-/m1/s1. The maximum Gasteiger partial charge on any atom is 0.201 e. The monoisotopic (exact) mass is 341 g/mol. The Hall–Kier alpha value is -2.74. The van der Waals surface area contributed by atoms with E-state index < -0.39 is 0 Å². The molecule has 132 valence electrons. The third-order valence-corrected chi connectivity index (χ3v) is 3.90. The molecule has 0 amide bonds. The van der Waals surface area contributed by atoms with Crippen molar-refractivity contribution in [3.63, 3.8) is 0 Å². The first-order valence-electron chi connectivity index (χ1n) is 8.44. The highest BCUT2D eigenvalue weighted by molar-refractivity contribution is 5.74. The molecule has 3 N–H and O–H groups in total. The minimum Gasteiger partial charge on any atom is -0.394 e. The molecule has 0 bridgehead atoms. The first kappa shape index (κ1) is 17.1. The van der Waals surface area contributed by atoms with Crippen LogP contribution in [0.2, 0.25) is 0 Å². The van der Waals surface area contributed by atoms with Crippen molar-refractivity contribution >= 4 is 23.0 Å². The molecule has 0 saturated heterocycles. The van der Waals surface area contributed by atoms with Crippen LogP contribution in [0.3, 0.4) is 0 Å². The number of hydrogen-bond donors (Lipinski definition) is 3. The number of pyridine rings is 1. The highest BCUT2D eigenvalue weighted by atomic mass is 16.3. The molecular weight excluding hydrogens is 318 g/mol. The smallest absolute Gasteiger partial charge is 0.201 e. The Kier molecular flexibility index (Phi) is 5.08. The predicted molar refractivity (Wildman–Crippen MR) is 97.2 cm³/mol. The summed E-state index contributed by atoms with van der Waals surface area (Å²) in [5, 5.41) is 29.1. The van der Waals surface area contributed by atoms with E-state index >= 15 is 0 Å². The van der Waals surface area contributed by atoms with Crippen molar-refractivity contribution in [3.05, 3.63) is 36.3 Å². The van der Waals surface area contributed by atoms with Gasteiger partial charge in [-0.2, -0.15) is 4.52 Å². The van der Waals surface area contributed by atoms with Crippen molar-refractivity contribution < 1.29 is 5.11 Å². The molecule has 0 aromatic carbocycles. The number of hydrogen-bond acceptors (Lipinski definition) is 7. The lowest BCUT2D eigenvalue weighted by molar-refractivity contribution is 0.271. The Bertz CT molecular complexity index is 828. The van der Waals surface area contributed by atoms with Crippen LogP contribution in [0.1, 0.15) is 38.9 Å². The van der Waals surface area contributed by atoms with E-state index in [1.807, 2.05) is 45.0 Å². The number of nitrogens with one attached hydrogen (secondary N) is 2. The third kappa shape index (κ3) is 3.69. The minimum atomic E-state index is -0.0633. The molecule has 1 atom stereocenters. The van der Waals surface area contributed by atoms with Crippen molar-refractivity contribution in [2.45, 2.75) is 39.2 Å². The fourth-order valence-electron chi connectivity index (χ4n) is 2.48. The van der Waals surface area contributed by atoms with Crippen LogP contribution >= 0.6 is 0 Å². The van der Waals surface area contributed by atoms with Gasteiger partial charge in [-0.15, -0.1) is 15.3 Å².